The number of nitrogens with zero attached hydrogens (tertiary/aromatic N) is 1. The number of amides is 3. The molecule has 28 heavy (non-hydrogen) atoms. The van der Waals surface area contributed by atoms with Gasteiger partial charge in [0.25, 0.3) is 0 Å². The van der Waals surface area contributed by atoms with E-state index in [0.29, 0.717) is 17.2 Å². The largest absolute Gasteiger partial charge is 0.497 e. The van der Waals surface area contributed by atoms with E-state index in [9.17, 15) is 14.4 Å². The summed E-state index contributed by atoms with van der Waals surface area (Å²) in [6.45, 7) is 3.19. The summed E-state index contributed by atoms with van der Waals surface area (Å²) in [5.74, 6) is -0.505. The lowest BCUT2D eigenvalue weighted by molar-refractivity contribution is -0.131. The van der Waals surface area contributed by atoms with Gasteiger partial charge in [-0.3, -0.25) is 14.4 Å². The van der Waals surface area contributed by atoms with Gasteiger partial charge in [-0.15, -0.1) is 0 Å². The number of aliphatic hydroxyl groups is 1. The van der Waals surface area contributed by atoms with Crippen LogP contribution < -0.4 is 25.0 Å². The quantitative estimate of drug-likeness (QED) is 0.575. The van der Waals surface area contributed by atoms with Crippen LogP contribution in [0.3, 0.4) is 0 Å². The molecule has 154 valence electrons. The first kappa shape index (κ1) is 21.5. The minimum absolute atomic E-state index is 0.0353. The number of nitrogens with one attached hydrogen (secondary N) is 2. The number of aliphatic hydroxyl groups excluding tert-OH is 1. The van der Waals surface area contributed by atoms with Gasteiger partial charge in [0.05, 0.1) is 32.4 Å². The highest BCUT2D eigenvalue weighted by Crippen LogP contribution is 2.36. The third-order valence-corrected chi connectivity index (χ3v) is 4.59. The summed E-state index contributed by atoms with van der Waals surface area (Å²) >= 11 is 0. The highest BCUT2D eigenvalue weighted by molar-refractivity contribution is 6.02. The molecular weight excluding hydrogens is 366 g/mol. The van der Waals surface area contributed by atoms with Gasteiger partial charge < -0.3 is 30.1 Å². The summed E-state index contributed by atoms with van der Waals surface area (Å²) in [5.41, 5.74) is 0.532. The van der Waals surface area contributed by atoms with E-state index in [-0.39, 0.29) is 31.4 Å². The molecule has 2 rings (SSSR count). The minimum Gasteiger partial charge on any atom is -0.497 e. The summed E-state index contributed by atoms with van der Waals surface area (Å²) < 4.78 is 10.5. The molecule has 0 saturated carbocycles. The maximum atomic E-state index is 12.5. The van der Waals surface area contributed by atoms with Gasteiger partial charge in [0.2, 0.25) is 17.7 Å². The fourth-order valence-corrected chi connectivity index (χ4v) is 2.93. The van der Waals surface area contributed by atoms with Crippen molar-refractivity contribution in [2.75, 3.05) is 32.3 Å². The molecule has 1 aromatic rings. The Bertz CT molecular complexity index is 738. The highest BCUT2D eigenvalue weighted by atomic mass is 16.5. The third kappa shape index (κ3) is 4.92. The Balaban J connectivity index is 2.06. The molecule has 3 N–H and O–H groups in total. The molecule has 1 heterocycles. The first-order valence-electron chi connectivity index (χ1n) is 9.04. The van der Waals surface area contributed by atoms with Crippen LogP contribution in [0.15, 0.2) is 18.2 Å². The number of methoxy groups -OCH3 is 2. The molecule has 0 aromatic heterocycles. The molecule has 1 aromatic carbocycles. The first-order valence-corrected chi connectivity index (χ1v) is 9.04. The molecule has 1 saturated heterocycles. The molecule has 1 aliphatic rings. The van der Waals surface area contributed by atoms with Gasteiger partial charge in [-0.05, 0) is 26.0 Å². The smallest absolute Gasteiger partial charge is 0.242 e. The summed E-state index contributed by atoms with van der Waals surface area (Å²) in [5, 5.41) is 14.2. The monoisotopic (exact) mass is 393 g/mol. The van der Waals surface area contributed by atoms with E-state index in [1.165, 1.54) is 19.1 Å². The van der Waals surface area contributed by atoms with Gasteiger partial charge in [-0.2, -0.15) is 0 Å². The molecular formula is C19H27N3O6. The molecule has 3 atom stereocenters. The highest BCUT2D eigenvalue weighted by Gasteiger charge is 2.37. The lowest BCUT2D eigenvalue weighted by Gasteiger charge is -2.21. The average molecular weight is 393 g/mol. The van der Waals surface area contributed by atoms with E-state index in [1.54, 1.807) is 32.0 Å². The van der Waals surface area contributed by atoms with Crippen LogP contribution in [0.4, 0.5) is 5.69 Å². The molecule has 3 unspecified atom stereocenters. The second-order valence-electron chi connectivity index (χ2n) is 6.77. The predicted molar refractivity (Wildman–Crippen MR) is 102 cm³/mol. The Kier molecular flexibility index (Phi) is 7.22. The number of hydrogen-bond acceptors (Lipinski definition) is 6. The van der Waals surface area contributed by atoms with Crippen molar-refractivity contribution in [1.29, 1.82) is 0 Å². The van der Waals surface area contributed by atoms with Gasteiger partial charge in [0.1, 0.15) is 17.5 Å². The average Bonchev–Trinajstić information content (AvgIpc) is 3.08. The standard InChI is InChI=1S/C19H27N3O6/c1-11(10-23)20-18(25)12(2)21-19(26)13-7-17(24)22(9-13)15-8-14(27-3)5-6-16(15)28-4/h5-6,8,11-13,23H,7,9-10H2,1-4H3,(H,20,25)(H,21,26). The normalized spacial score (nSPS) is 18.4. The van der Waals surface area contributed by atoms with Crippen molar-refractivity contribution in [3.63, 3.8) is 0 Å². The van der Waals surface area contributed by atoms with Crippen molar-refractivity contribution < 1.29 is 29.0 Å². The van der Waals surface area contributed by atoms with Crippen LogP contribution in [0.25, 0.3) is 0 Å². The van der Waals surface area contributed by atoms with Crippen LogP contribution >= 0.6 is 0 Å². The van der Waals surface area contributed by atoms with Crippen LogP contribution in [-0.2, 0) is 14.4 Å². The topological polar surface area (TPSA) is 117 Å². The molecule has 0 spiro atoms. The summed E-state index contributed by atoms with van der Waals surface area (Å²) in [6.07, 6.45) is 0.0353. The van der Waals surface area contributed by atoms with E-state index < -0.39 is 23.9 Å². The molecule has 0 bridgehead atoms. The van der Waals surface area contributed by atoms with Crippen molar-refractivity contribution in [2.24, 2.45) is 5.92 Å². The number of anilines is 1. The zero-order valence-electron chi connectivity index (χ0n) is 16.5. The molecule has 1 fully saturated rings. The van der Waals surface area contributed by atoms with Crippen LogP contribution in [0.2, 0.25) is 0 Å². The zero-order valence-corrected chi connectivity index (χ0v) is 16.5. The van der Waals surface area contributed by atoms with E-state index in [1.807, 2.05) is 0 Å². The minimum atomic E-state index is -0.781. The third-order valence-electron chi connectivity index (χ3n) is 4.59. The second kappa shape index (κ2) is 9.41. The SMILES string of the molecule is COc1ccc(OC)c(N2CC(C(=O)NC(C)C(=O)NC(C)CO)CC2=O)c1. The Morgan fingerprint density at radius 1 is 1.25 bits per heavy atom. The maximum Gasteiger partial charge on any atom is 0.242 e. The maximum absolute atomic E-state index is 12.5. The van der Waals surface area contributed by atoms with E-state index >= 15 is 0 Å². The first-order chi connectivity index (χ1) is 13.3. The number of ether oxygens (including phenoxy) is 2. The Labute approximate surface area is 164 Å². The second-order valence-corrected chi connectivity index (χ2v) is 6.77. The van der Waals surface area contributed by atoms with Crippen LogP contribution in [0.5, 0.6) is 11.5 Å². The van der Waals surface area contributed by atoms with Crippen molar-refractivity contribution in [3.05, 3.63) is 18.2 Å². The molecule has 1 aliphatic heterocycles. The number of carbonyl (C=O) groups excluding carboxylic acids is 3. The van der Waals surface area contributed by atoms with Gasteiger partial charge in [0.15, 0.2) is 0 Å². The Morgan fingerprint density at radius 2 is 1.96 bits per heavy atom. The lowest BCUT2D eigenvalue weighted by atomic mass is 10.1. The fraction of sp³-hybridized carbons (Fsp3) is 0.526. The zero-order chi connectivity index (χ0) is 20.8. The summed E-state index contributed by atoms with van der Waals surface area (Å²) in [6, 6.07) is 3.92. The molecule has 9 nitrogen and oxygen atoms in total. The van der Waals surface area contributed by atoms with E-state index in [4.69, 9.17) is 14.6 Å². The van der Waals surface area contributed by atoms with Crippen LogP contribution in [0, 0.1) is 5.92 Å². The fourth-order valence-electron chi connectivity index (χ4n) is 2.93. The summed E-state index contributed by atoms with van der Waals surface area (Å²) in [7, 11) is 3.03. The Morgan fingerprint density at radius 3 is 2.57 bits per heavy atom. The Hall–Kier alpha value is -2.81. The van der Waals surface area contributed by atoms with Crippen molar-refractivity contribution in [1.82, 2.24) is 10.6 Å². The number of rotatable bonds is 8. The number of carbonyl (C=O) groups is 3. The molecule has 0 aliphatic carbocycles. The molecule has 3 amide bonds. The van der Waals surface area contributed by atoms with Gasteiger partial charge in [0, 0.05) is 25.1 Å². The lowest BCUT2D eigenvalue weighted by Crippen LogP contribution is -2.49. The van der Waals surface area contributed by atoms with Crippen LogP contribution in [0.1, 0.15) is 20.3 Å². The predicted octanol–water partition coefficient (Wildman–Crippen LogP) is 0.0584. The number of hydrogen-bond donors (Lipinski definition) is 3. The van der Waals surface area contributed by atoms with Gasteiger partial charge in [-0.25, -0.2) is 0 Å². The van der Waals surface area contributed by atoms with E-state index in [0.717, 1.165) is 0 Å². The van der Waals surface area contributed by atoms with Crippen molar-refractivity contribution in [3.8, 4) is 11.5 Å². The van der Waals surface area contributed by atoms with Crippen molar-refractivity contribution >= 4 is 23.4 Å². The van der Waals surface area contributed by atoms with Crippen molar-refractivity contribution in [2.45, 2.75) is 32.4 Å². The molecule has 0 radical (unpaired) electrons. The molecule has 9 heteroatoms. The number of benzene rings is 1. The van der Waals surface area contributed by atoms with Gasteiger partial charge >= 0.3 is 0 Å². The summed E-state index contributed by atoms with van der Waals surface area (Å²) in [4.78, 5) is 38.6. The van der Waals surface area contributed by atoms with E-state index in [2.05, 4.69) is 10.6 Å². The van der Waals surface area contributed by atoms with Crippen LogP contribution in [-0.4, -0.2) is 62.3 Å². The van der Waals surface area contributed by atoms with Gasteiger partial charge in [-0.1, -0.05) is 0 Å².